The molecular formula is C22H27N3O3. The van der Waals surface area contributed by atoms with Crippen LogP contribution in [0.4, 0.5) is 11.4 Å². The number of rotatable bonds is 7. The standard InChI is InChI=1S/C22H27N3O3/c1-2-28-17-12-21(26)23-20-11-7-6-10-19(20)22(27)25-15-13-24(14-16-25)18-8-4-3-5-9-18/h3-11H,2,12-17H2,1H3,(H,23,26). The van der Waals surface area contributed by atoms with Crippen LogP contribution in [0.3, 0.4) is 0 Å². The maximum atomic E-state index is 13.0. The zero-order chi connectivity index (χ0) is 19.8. The molecule has 2 amide bonds. The number of ether oxygens (including phenoxy) is 1. The SMILES string of the molecule is CCOCCC(=O)Nc1ccccc1C(=O)N1CCN(c2ccccc2)CC1. The number of anilines is 2. The Morgan fingerprint density at radius 2 is 1.64 bits per heavy atom. The molecule has 6 heteroatoms. The molecule has 1 fully saturated rings. The summed E-state index contributed by atoms with van der Waals surface area (Å²) in [4.78, 5) is 29.3. The molecule has 0 aliphatic carbocycles. The van der Waals surface area contributed by atoms with Gasteiger partial charge in [-0.2, -0.15) is 0 Å². The lowest BCUT2D eigenvalue weighted by Gasteiger charge is -2.36. The lowest BCUT2D eigenvalue weighted by molar-refractivity contribution is -0.117. The van der Waals surface area contributed by atoms with Gasteiger partial charge < -0.3 is 19.9 Å². The smallest absolute Gasteiger partial charge is 0.256 e. The predicted molar refractivity (Wildman–Crippen MR) is 111 cm³/mol. The van der Waals surface area contributed by atoms with Gasteiger partial charge >= 0.3 is 0 Å². The van der Waals surface area contributed by atoms with Crippen LogP contribution >= 0.6 is 0 Å². The predicted octanol–water partition coefficient (Wildman–Crippen LogP) is 3.01. The number of piperazine rings is 1. The second kappa shape index (κ2) is 9.90. The van der Waals surface area contributed by atoms with Crippen LogP contribution in [0.5, 0.6) is 0 Å². The van der Waals surface area contributed by atoms with Gasteiger partial charge in [0.1, 0.15) is 0 Å². The molecule has 148 valence electrons. The summed E-state index contributed by atoms with van der Waals surface area (Å²) in [5, 5.41) is 2.85. The van der Waals surface area contributed by atoms with Crippen molar-refractivity contribution in [1.82, 2.24) is 4.90 Å². The summed E-state index contributed by atoms with van der Waals surface area (Å²) in [5.41, 5.74) is 2.26. The number of carbonyl (C=O) groups excluding carboxylic acids is 2. The van der Waals surface area contributed by atoms with Crippen molar-refractivity contribution < 1.29 is 14.3 Å². The zero-order valence-corrected chi connectivity index (χ0v) is 16.3. The van der Waals surface area contributed by atoms with Crippen molar-refractivity contribution in [2.75, 3.05) is 49.6 Å². The highest BCUT2D eigenvalue weighted by Gasteiger charge is 2.24. The largest absolute Gasteiger partial charge is 0.381 e. The quantitative estimate of drug-likeness (QED) is 0.749. The highest BCUT2D eigenvalue weighted by Crippen LogP contribution is 2.20. The summed E-state index contributed by atoms with van der Waals surface area (Å²) in [6.07, 6.45) is 0.270. The Kier molecular flexibility index (Phi) is 7.03. The number of hydrogen-bond acceptors (Lipinski definition) is 4. The molecule has 0 aromatic heterocycles. The minimum Gasteiger partial charge on any atom is -0.381 e. The van der Waals surface area contributed by atoms with E-state index >= 15 is 0 Å². The molecule has 0 atom stereocenters. The summed E-state index contributed by atoms with van der Waals surface area (Å²) in [6.45, 7) is 5.73. The van der Waals surface area contributed by atoms with E-state index in [9.17, 15) is 9.59 Å². The van der Waals surface area contributed by atoms with Crippen LogP contribution in [-0.4, -0.2) is 56.1 Å². The molecule has 1 heterocycles. The minimum atomic E-state index is -0.150. The van der Waals surface area contributed by atoms with E-state index in [2.05, 4.69) is 22.3 Å². The van der Waals surface area contributed by atoms with Crippen molar-refractivity contribution in [3.8, 4) is 0 Å². The first-order valence-corrected chi connectivity index (χ1v) is 9.75. The van der Waals surface area contributed by atoms with E-state index in [1.807, 2.05) is 42.2 Å². The maximum Gasteiger partial charge on any atom is 0.256 e. The lowest BCUT2D eigenvalue weighted by Crippen LogP contribution is -2.48. The van der Waals surface area contributed by atoms with Crippen molar-refractivity contribution in [1.29, 1.82) is 0 Å². The molecule has 28 heavy (non-hydrogen) atoms. The first kappa shape index (κ1) is 19.9. The van der Waals surface area contributed by atoms with Crippen molar-refractivity contribution >= 4 is 23.2 Å². The average Bonchev–Trinajstić information content (AvgIpc) is 2.74. The molecule has 1 saturated heterocycles. The monoisotopic (exact) mass is 381 g/mol. The van der Waals surface area contributed by atoms with Gasteiger partial charge in [0.05, 0.1) is 24.3 Å². The Morgan fingerprint density at radius 1 is 0.964 bits per heavy atom. The Balaban J connectivity index is 1.61. The fourth-order valence-electron chi connectivity index (χ4n) is 3.28. The molecule has 0 radical (unpaired) electrons. The molecule has 1 aliphatic heterocycles. The molecule has 2 aromatic carbocycles. The highest BCUT2D eigenvalue weighted by atomic mass is 16.5. The van der Waals surface area contributed by atoms with Gasteiger partial charge in [-0.3, -0.25) is 9.59 Å². The van der Waals surface area contributed by atoms with Crippen molar-refractivity contribution in [3.63, 3.8) is 0 Å². The van der Waals surface area contributed by atoms with E-state index < -0.39 is 0 Å². The molecular weight excluding hydrogens is 354 g/mol. The van der Waals surface area contributed by atoms with Gasteiger partial charge in [0.15, 0.2) is 0 Å². The fraction of sp³-hybridized carbons (Fsp3) is 0.364. The Morgan fingerprint density at radius 3 is 2.36 bits per heavy atom. The zero-order valence-electron chi connectivity index (χ0n) is 16.3. The van der Waals surface area contributed by atoms with Crippen LogP contribution in [0.2, 0.25) is 0 Å². The van der Waals surface area contributed by atoms with E-state index in [1.54, 1.807) is 12.1 Å². The van der Waals surface area contributed by atoms with E-state index in [4.69, 9.17) is 4.74 Å². The van der Waals surface area contributed by atoms with Crippen molar-refractivity contribution in [3.05, 3.63) is 60.2 Å². The first-order valence-electron chi connectivity index (χ1n) is 9.75. The number of nitrogens with zero attached hydrogens (tertiary/aromatic N) is 2. The highest BCUT2D eigenvalue weighted by molar-refractivity contribution is 6.03. The first-order chi connectivity index (χ1) is 13.7. The van der Waals surface area contributed by atoms with Gasteiger partial charge in [-0.05, 0) is 31.2 Å². The van der Waals surface area contributed by atoms with Gasteiger partial charge in [0.25, 0.3) is 5.91 Å². The van der Waals surface area contributed by atoms with E-state index in [-0.39, 0.29) is 18.2 Å². The Bertz CT molecular complexity index is 787. The van der Waals surface area contributed by atoms with Crippen LogP contribution in [0, 0.1) is 0 Å². The van der Waals surface area contributed by atoms with Crippen molar-refractivity contribution in [2.24, 2.45) is 0 Å². The lowest BCUT2D eigenvalue weighted by atomic mass is 10.1. The normalized spacial score (nSPS) is 14.0. The molecule has 2 aromatic rings. The van der Waals surface area contributed by atoms with Crippen LogP contribution in [0.1, 0.15) is 23.7 Å². The van der Waals surface area contributed by atoms with Gasteiger partial charge in [-0.1, -0.05) is 30.3 Å². The number of para-hydroxylation sites is 2. The van der Waals surface area contributed by atoms with Crippen LogP contribution in [0.25, 0.3) is 0 Å². The minimum absolute atomic E-state index is 0.0478. The number of benzene rings is 2. The summed E-state index contributed by atoms with van der Waals surface area (Å²) in [7, 11) is 0. The maximum absolute atomic E-state index is 13.0. The molecule has 0 saturated carbocycles. The van der Waals surface area contributed by atoms with Gasteiger partial charge in [-0.25, -0.2) is 0 Å². The van der Waals surface area contributed by atoms with Crippen LogP contribution in [-0.2, 0) is 9.53 Å². The van der Waals surface area contributed by atoms with Crippen molar-refractivity contribution in [2.45, 2.75) is 13.3 Å². The number of hydrogen-bond donors (Lipinski definition) is 1. The molecule has 3 rings (SSSR count). The molecule has 0 bridgehead atoms. The molecule has 6 nitrogen and oxygen atoms in total. The second-order valence-electron chi connectivity index (χ2n) is 6.66. The van der Waals surface area contributed by atoms with Gasteiger partial charge in [0.2, 0.25) is 5.91 Å². The Labute approximate surface area is 166 Å². The third-order valence-electron chi connectivity index (χ3n) is 4.80. The summed E-state index contributed by atoms with van der Waals surface area (Å²) < 4.78 is 5.22. The molecule has 0 unspecified atom stereocenters. The third-order valence-corrected chi connectivity index (χ3v) is 4.80. The topological polar surface area (TPSA) is 61.9 Å². The summed E-state index contributed by atoms with van der Waals surface area (Å²) >= 11 is 0. The molecule has 1 N–H and O–H groups in total. The van der Waals surface area contributed by atoms with E-state index in [1.165, 1.54) is 5.69 Å². The van der Waals surface area contributed by atoms with Gasteiger partial charge in [0, 0.05) is 38.5 Å². The van der Waals surface area contributed by atoms with Crippen LogP contribution in [0.15, 0.2) is 54.6 Å². The Hall–Kier alpha value is -2.86. The fourth-order valence-corrected chi connectivity index (χ4v) is 3.28. The number of amides is 2. The molecule has 1 aliphatic rings. The van der Waals surface area contributed by atoms with Gasteiger partial charge in [-0.15, -0.1) is 0 Å². The third kappa shape index (κ3) is 5.10. The molecule has 0 spiro atoms. The number of nitrogens with one attached hydrogen (secondary N) is 1. The second-order valence-corrected chi connectivity index (χ2v) is 6.66. The van der Waals surface area contributed by atoms with E-state index in [0.717, 1.165) is 13.1 Å². The number of carbonyl (C=O) groups is 2. The van der Waals surface area contributed by atoms with Crippen LogP contribution < -0.4 is 10.2 Å². The summed E-state index contributed by atoms with van der Waals surface area (Å²) in [6, 6.07) is 17.4. The average molecular weight is 381 g/mol. The van der Waals surface area contributed by atoms with E-state index in [0.29, 0.717) is 37.6 Å². The summed E-state index contributed by atoms with van der Waals surface area (Å²) in [5.74, 6) is -0.198.